The minimum atomic E-state index is 0.392. The van der Waals surface area contributed by atoms with Gasteiger partial charge in [0.15, 0.2) is 0 Å². The van der Waals surface area contributed by atoms with E-state index in [0.717, 1.165) is 5.92 Å². The van der Waals surface area contributed by atoms with Crippen LogP contribution in [0.5, 0.6) is 0 Å². The van der Waals surface area contributed by atoms with Crippen LogP contribution in [0.25, 0.3) is 0 Å². The summed E-state index contributed by atoms with van der Waals surface area (Å²) < 4.78 is 0. The largest absolute Gasteiger partial charge is 0.314 e. The minimum Gasteiger partial charge on any atom is -0.314 e. The second-order valence-electron chi connectivity index (χ2n) is 4.06. The highest BCUT2D eigenvalue weighted by molar-refractivity contribution is 4.88. The second-order valence-corrected chi connectivity index (χ2v) is 4.06. The smallest absolute Gasteiger partial charge is 0.0201 e. The van der Waals surface area contributed by atoms with Crippen molar-refractivity contribution in [2.24, 2.45) is 5.92 Å². The van der Waals surface area contributed by atoms with Crippen molar-refractivity contribution < 1.29 is 0 Å². The van der Waals surface area contributed by atoms with Crippen molar-refractivity contribution in [3.8, 4) is 0 Å². The number of hydrogen-bond donors (Lipinski definition) is 1. The molecule has 0 rings (SSSR count). The molecule has 0 aromatic carbocycles. The second kappa shape index (κ2) is 5.58. The fourth-order valence-corrected chi connectivity index (χ4v) is 2.13. The predicted octanol–water partition coefficient (Wildman–Crippen LogP) is 3.20. The van der Waals surface area contributed by atoms with Gasteiger partial charge in [-0.1, -0.05) is 40.5 Å². The van der Waals surface area contributed by atoms with E-state index >= 15 is 0 Å². The van der Waals surface area contributed by atoms with Gasteiger partial charge in [-0.3, -0.25) is 0 Å². The molecule has 1 heteroatoms. The summed E-state index contributed by atoms with van der Waals surface area (Å²) in [5.74, 6) is 0.738. The summed E-state index contributed by atoms with van der Waals surface area (Å²) in [4.78, 5) is 0. The quantitative estimate of drug-likeness (QED) is 0.647. The first-order valence-corrected chi connectivity index (χ1v) is 5.31. The van der Waals surface area contributed by atoms with Gasteiger partial charge >= 0.3 is 0 Å². The maximum atomic E-state index is 3.52. The Hall–Kier alpha value is -0.0400. The molecule has 0 fully saturated rings. The molecule has 0 unspecified atom stereocenters. The van der Waals surface area contributed by atoms with E-state index in [2.05, 4.69) is 40.1 Å². The third-order valence-electron chi connectivity index (χ3n) is 3.00. The summed E-state index contributed by atoms with van der Waals surface area (Å²) in [5.41, 5.74) is 0.392. The molecule has 0 bridgehead atoms. The van der Waals surface area contributed by atoms with Gasteiger partial charge in [0.25, 0.3) is 0 Å². The molecule has 0 heterocycles. The Labute approximate surface area is 77.9 Å². The Bertz CT molecular complexity index is 102. The lowest BCUT2D eigenvalue weighted by Crippen LogP contribution is -2.47. The van der Waals surface area contributed by atoms with Crippen molar-refractivity contribution in [3.05, 3.63) is 0 Å². The molecule has 0 amide bonds. The number of rotatable bonds is 6. The molecular formula is C11H25N. The van der Waals surface area contributed by atoms with Gasteiger partial charge in [-0.25, -0.2) is 0 Å². The molecule has 0 aliphatic heterocycles. The normalized spacial score (nSPS) is 12.5. The van der Waals surface area contributed by atoms with Crippen LogP contribution in [0.15, 0.2) is 0 Å². The van der Waals surface area contributed by atoms with Crippen molar-refractivity contribution >= 4 is 0 Å². The lowest BCUT2D eigenvalue weighted by atomic mass is 9.79. The van der Waals surface area contributed by atoms with Gasteiger partial charge in [0.1, 0.15) is 0 Å². The molecule has 0 saturated carbocycles. The number of hydrogen-bond acceptors (Lipinski definition) is 1. The molecule has 0 aromatic heterocycles. The maximum Gasteiger partial charge on any atom is 0.0201 e. The van der Waals surface area contributed by atoms with Gasteiger partial charge in [-0.05, 0) is 25.8 Å². The monoisotopic (exact) mass is 171 g/mol. The molecule has 0 spiro atoms. The molecule has 1 nitrogen and oxygen atoms in total. The fraction of sp³-hybridized carbons (Fsp3) is 1.00. The molecule has 74 valence electrons. The molecule has 0 atom stereocenters. The minimum absolute atomic E-state index is 0.392. The van der Waals surface area contributed by atoms with Gasteiger partial charge in [-0.15, -0.1) is 0 Å². The molecule has 1 N–H and O–H groups in total. The van der Waals surface area contributed by atoms with Crippen LogP contribution in [-0.2, 0) is 0 Å². The van der Waals surface area contributed by atoms with E-state index in [-0.39, 0.29) is 0 Å². The van der Waals surface area contributed by atoms with E-state index in [1.807, 2.05) is 0 Å². The molecule has 0 aliphatic carbocycles. The van der Waals surface area contributed by atoms with E-state index in [9.17, 15) is 0 Å². The Morgan fingerprint density at radius 1 is 1.08 bits per heavy atom. The Balaban J connectivity index is 4.28. The summed E-state index contributed by atoms with van der Waals surface area (Å²) >= 11 is 0. The van der Waals surface area contributed by atoms with Crippen LogP contribution in [0.1, 0.15) is 53.4 Å². The highest BCUT2D eigenvalue weighted by atomic mass is 14.9. The predicted molar refractivity (Wildman–Crippen MR) is 56.4 cm³/mol. The van der Waals surface area contributed by atoms with Crippen molar-refractivity contribution in [2.45, 2.75) is 58.9 Å². The highest BCUT2D eigenvalue weighted by Gasteiger charge is 2.29. The van der Waals surface area contributed by atoms with Crippen molar-refractivity contribution in [1.29, 1.82) is 0 Å². The third-order valence-corrected chi connectivity index (χ3v) is 3.00. The topological polar surface area (TPSA) is 12.0 Å². The third kappa shape index (κ3) is 2.78. The maximum absolute atomic E-state index is 3.52. The lowest BCUT2D eigenvalue weighted by molar-refractivity contribution is 0.213. The summed E-state index contributed by atoms with van der Waals surface area (Å²) in [5, 5.41) is 3.52. The fourth-order valence-electron chi connectivity index (χ4n) is 2.13. The van der Waals surface area contributed by atoms with Gasteiger partial charge in [0.05, 0.1) is 0 Å². The van der Waals surface area contributed by atoms with Crippen molar-refractivity contribution in [3.63, 3.8) is 0 Å². The van der Waals surface area contributed by atoms with Gasteiger partial charge in [-0.2, -0.15) is 0 Å². The lowest BCUT2D eigenvalue weighted by Gasteiger charge is -2.37. The Morgan fingerprint density at radius 2 is 1.50 bits per heavy atom. The van der Waals surface area contributed by atoms with Crippen LogP contribution in [0, 0.1) is 5.92 Å². The van der Waals surface area contributed by atoms with E-state index in [1.165, 1.54) is 25.7 Å². The zero-order valence-electron chi connectivity index (χ0n) is 9.41. The first-order valence-electron chi connectivity index (χ1n) is 5.31. The van der Waals surface area contributed by atoms with Crippen LogP contribution >= 0.6 is 0 Å². The van der Waals surface area contributed by atoms with E-state index in [0.29, 0.717) is 5.54 Å². The van der Waals surface area contributed by atoms with Gasteiger partial charge in [0, 0.05) is 5.54 Å². The molecule has 0 aliphatic rings. The highest BCUT2D eigenvalue weighted by Crippen LogP contribution is 2.27. The molecule has 0 radical (unpaired) electrons. The standard InChI is InChI=1S/C11H25N/c1-6-8-11(12-5,9-7-2)10(3)4/h10,12H,6-9H2,1-5H3. The van der Waals surface area contributed by atoms with Crippen LogP contribution in [0.4, 0.5) is 0 Å². The van der Waals surface area contributed by atoms with Crippen LogP contribution in [-0.4, -0.2) is 12.6 Å². The van der Waals surface area contributed by atoms with Crippen LogP contribution in [0.2, 0.25) is 0 Å². The summed E-state index contributed by atoms with van der Waals surface area (Å²) in [7, 11) is 2.10. The molecule has 12 heavy (non-hydrogen) atoms. The first-order chi connectivity index (χ1) is 5.63. The summed E-state index contributed by atoms with van der Waals surface area (Å²) in [6, 6.07) is 0. The van der Waals surface area contributed by atoms with Crippen molar-refractivity contribution in [2.75, 3.05) is 7.05 Å². The van der Waals surface area contributed by atoms with Crippen LogP contribution < -0.4 is 5.32 Å². The SMILES string of the molecule is CCCC(CCC)(NC)C(C)C. The van der Waals surface area contributed by atoms with Crippen molar-refractivity contribution in [1.82, 2.24) is 5.32 Å². The Morgan fingerprint density at radius 3 is 1.67 bits per heavy atom. The molecular weight excluding hydrogens is 146 g/mol. The Kier molecular flexibility index (Phi) is 5.56. The average molecular weight is 171 g/mol. The van der Waals surface area contributed by atoms with Gasteiger partial charge in [0.2, 0.25) is 0 Å². The summed E-state index contributed by atoms with van der Waals surface area (Å²) in [6.07, 6.45) is 5.15. The zero-order valence-corrected chi connectivity index (χ0v) is 9.41. The first kappa shape index (κ1) is 12.0. The average Bonchev–Trinajstić information content (AvgIpc) is 2.03. The van der Waals surface area contributed by atoms with Gasteiger partial charge < -0.3 is 5.32 Å². The van der Waals surface area contributed by atoms with Crippen LogP contribution in [0.3, 0.4) is 0 Å². The number of nitrogens with one attached hydrogen (secondary N) is 1. The molecule has 0 saturated heterocycles. The summed E-state index contributed by atoms with van der Waals surface area (Å²) in [6.45, 7) is 9.18. The van der Waals surface area contributed by atoms with E-state index in [4.69, 9.17) is 0 Å². The van der Waals surface area contributed by atoms with E-state index < -0.39 is 0 Å². The molecule has 0 aromatic rings. The zero-order chi connectivity index (χ0) is 9.61. The van der Waals surface area contributed by atoms with E-state index in [1.54, 1.807) is 0 Å².